The zero-order valence-electron chi connectivity index (χ0n) is 12.0. The van der Waals surface area contributed by atoms with Crippen molar-refractivity contribution < 1.29 is 19.1 Å². The molecule has 1 aliphatic heterocycles. The summed E-state index contributed by atoms with van der Waals surface area (Å²) in [4.78, 5) is 36.2. The summed E-state index contributed by atoms with van der Waals surface area (Å²) in [7, 11) is 0. The number of carbonyl (C=O) groups is 3. The minimum Gasteiger partial charge on any atom is -0.462 e. The summed E-state index contributed by atoms with van der Waals surface area (Å²) in [5, 5.41) is 5.82. The van der Waals surface area contributed by atoms with Gasteiger partial charge in [0.1, 0.15) is 11.0 Å². The number of aryl methyl sites for hydroxylation is 1. The van der Waals surface area contributed by atoms with Gasteiger partial charge in [-0.1, -0.05) is 6.92 Å². The number of amides is 2. The molecule has 0 aromatic carbocycles. The van der Waals surface area contributed by atoms with E-state index in [4.69, 9.17) is 4.74 Å². The molecular formula is C14H18N2O4S. The summed E-state index contributed by atoms with van der Waals surface area (Å²) in [6.45, 7) is 3.99. The van der Waals surface area contributed by atoms with Crippen molar-refractivity contribution in [1.29, 1.82) is 0 Å². The average molecular weight is 310 g/mol. The van der Waals surface area contributed by atoms with Crippen LogP contribution in [-0.4, -0.2) is 30.4 Å². The molecule has 1 aromatic rings. The first-order valence-corrected chi connectivity index (χ1v) is 7.76. The van der Waals surface area contributed by atoms with Crippen molar-refractivity contribution in [1.82, 2.24) is 5.32 Å². The lowest BCUT2D eigenvalue weighted by Crippen LogP contribution is -2.37. The Morgan fingerprint density at radius 1 is 1.48 bits per heavy atom. The third kappa shape index (κ3) is 3.60. The molecule has 0 bridgehead atoms. The SMILES string of the molecule is CCOC(=O)c1cc(CC)sc1NC(=O)[C@@H]1CCC(=O)N1. The van der Waals surface area contributed by atoms with E-state index >= 15 is 0 Å². The average Bonchev–Trinajstić information content (AvgIpc) is 3.05. The zero-order chi connectivity index (χ0) is 15.4. The fourth-order valence-electron chi connectivity index (χ4n) is 2.08. The van der Waals surface area contributed by atoms with Crippen LogP contribution in [0.15, 0.2) is 6.07 Å². The number of esters is 1. The number of rotatable bonds is 5. The maximum atomic E-state index is 12.1. The first-order valence-electron chi connectivity index (χ1n) is 6.95. The molecule has 114 valence electrons. The first-order chi connectivity index (χ1) is 10.0. The Morgan fingerprint density at radius 2 is 2.24 bits per heavy atom. The van der Waals surface area contributed by atoms with Gasteiger partial charge in [-0.15, -0.1) is 11.3 Å². The second kappa shape index (κ2) is 6.71. The molecule has 0 saturated carbocycles. The quantitative estimate of drug-likeness (QED) is 0.811. The van der Waals surface area contributed by atoms with Crippen LogP contribution in [-0.2, 0) is 20.7 Å². The lowest BCUT2D eigenvalue weighted by molar-refractivity contribution is -0.122. The molecule has 21 heavy (non-hydrogen) atoms. The van der Waals surface area contributed by atoms with Crippen molar-refractivity contribution >= 4 is 34.1 Å². The van der Waals surface area contributed by atoms with Gasteiger partial charge in [0.05, 0.1) is 12.2 Å². The highest BCUT2D eigenvalue weighted by Gasteiger charge is 2.28. The van der Waals surface area contributed by atoms with Crippen molar-refractivity contribution in [2.75, 3.05) is 11.9 Å². The molecule has 0 radical (unpaired) electrons. The van der Waals surface area contributed by atoms with Crippen molar-refractivity contribution in [2.45, 2.75) is 39.2 Å². The molecule has 1 saturated heterocycles. The molecule has 0 unspecified atom stereocenters. The van der Waals surface area contributed by atoms with Crippen LogP contribution in [0, 0.1) is 0 Å². The lowest BCUT2D eigenvalue weighted by Gasteiger charge is -2.10. The van der Waals surface area contributed by atoms with Gasteiger partial charge in [0.2, 0.25) is 11.8 Å². The number of nitrogens with one attached hydrogen (secondary N) is 2. The van der Waals surface area contributed by atoms with Crippen LogP contribution in [0.2, 0.25) is 0 Å². The van der Waals surface area contributed by atoms with E-state index in [2.05, 4.69) is 10.6 Å². The standard InChI is InChI=1S/C14H18N2O4S/c1-3-8-7-9(14(19)20-4-2)13(21-8)16-12(18)10-5-6-11(17)15-10/h7,10H,3-6H2,1-2H3,(H,15,17)(H,16,18)/t10-/m0/s1. The molecular weight excluding hydrogens is 292 g/mol. The maximum absolute atomic E-state index is 12.1. The predicted octanol–water partition coefficient (Wildman–Crippen LogP) is 1.70. The van der Waals surface area contributed by atoms with Crippen molar-refractivity contribution in [3.05, 3.63) is 16.5 Å². The van der Waals surface area contributed by atoms with Gasteiger partial charge in [-0.25, -0.2) is 4.79 Å². The summed E-state index contributed by atoms with van der Waals surface area (Å²) in [6.07, 6.45) is 1.60. The molecule has 2 rings (SSSR count). The Bertz CT molecular complexity index is 567. The molecule has 0 aliphatic carbocycles. The number of hydrogen-bond donors (Lipinski definition) is 2. The Morgan fingerprint density at radius 3 is 2.81 bits per heavy atom. The number of hydrogen-bond acceptors (Lipinski definition) is 5. The monoisotopic (exact) mass is 310 g/mol. The fraction of sp³-hybridized carbons (Fsp3) is 0.500. The smallest absolute Gasteiger partial charge is 0.341 e. The van der Waals surface area contributed by atoms with Crippen LogP contribution in [0.3, 0.4) is 0 Å². The van der Waals surface area contributed by atoms with Gasteiger partial charge in [0.25, 0.3) is 0 Å². The van der Waals surface area contributed by atoms with Crippen LogP contribution in [0.4, 0.5) is 5.00 Å². The highest BCUT2D eigenvalue weighted by atomic mass is 32.1. The largest absolute Gasteiger partial charge is 0.462 e. The summed E-state index contributed by atoms with van der Waals surface area (Å²) >= 11 is 1.36. The van der Waals surface area contributed by atoms with Crippen molar-refractivity contribution in [3.8, 4) is 0 Å². The van der Waals surface area contributed by atoms with Crippen LogP contribution in [0.5, 0.6) is 0 Å². The van der Waals surface area contributed by atoms with Crippen LogP contribution >= 0.6 is 11.3 Å². The highest BCUT2D eigenvalue weighted by molar-refractivity contribution is 7.16. The van der Waals surface area contributed by atoms with Crippen LogP contribution < -0.4 is 10.6 Å². The van der Waals surface area contributed by atoms with Gasteiger partial charge in [-0.05, 0) is 25.8 Å². The fourth-order valence-corrected chi connectivity index (χ4v) is 3.07. The third-order valence-corrected chi connectivity index (χ3v) is 4.37. The van der Waals surface area contributed by atoms with Crippen LogP contribution in [0.25, 0.3) is 0 Å². The van der Waals surface area contributed by atoms with Gasteiger partial charge in [0, 0.05) is 11.3 Å². The predicted molar refractivity (Wildman–Crippen MR) is 79.4 cm³/mol. The van der Waals surface area contributed by atoms with E-state index in [9.17, 15) is 14.4 Å². The topological polar surface area (TPSA) is 84.5 Å². The normalized spacial score (nSPS) is 17.4. The number of carbonyl (C=O) groups excluding carboxylic acids is 3. The number of anilines is 1. The lowest BCUT2D eigenvalue weighted by atomic mass is 10.2. The molecule has 1 aromatic heterocycles. The van der Waals surface area contributed by atoms with Gasteiger partial charge in [-0.3, -0.25) is 9.59 Å². The van der Waals surface area contributed by atoms with Gasteiger partial charge in [-0.2, -0.15) is 0 Å². The van der Waals surface area contributed by atoms with Crippen molar-refractivity contribution in [3.63, 3.8) is 0 Å². The first kappa shape index (κ1) is 15.5. The van der Waals surface area contributed by atoms with E-state index < -0.39 is 12.0 Å². The molecule has 1 fully saturated rings. The van der Waals surface area contributed by atoms with E-state index in [0.717, 1.165) is 11.3 Å². The Hall–Kier alpha value is -1.89. The summed E-state index contributed by atoms with van der Waals surface area (Å²) in [5.41, 5.74) is 0.372. The minimum absolute atomic E-state index is 0.124. The Balaban J connectivity index is 2.14. The molecule has 1 aliphatic rings. The molecule has 2 N–H and O–H groups in total. The van der Waals surface area contributed by atoms with E-state index in [1.165, 1.54) is 11.3 Å². The van der Waals surface area contributed by atoms with Gasteiger partial charge in [0.15, 0.2) is 0 Å². The van der Waals surface area contributed by atoms with Crippen molar-refractivity contribution in [2.24, 2.45) is 0 Å². The Kier molecular flexibility index (Phi) is 4.95. The second-order valence-electron chi connectivity index (χ2n) is 4.68. The van der Waals surface area contributed by atoms with Gasteiger partial charge >= 0.3 is 5.97 Å². The van der Waals surface area contributed by atoms with E-state index in [-0.39, 0.29) is 18.4 Å². The molecule has 1 atom stereocenters. The molecule has 2 heterocycles. The summed E-state index contributed by atoms with van der Waals surface area (Å²) in [6, 6.07) is 1.21. The number of thiophene rings is 1. The van der Waals surface area contributed by atoms with E-state index in [0.29, 0.717) is 23.4 Å². The highest BCUT2D eigenvalue weighted by Crippen LogP contribution is 2.29. The molecule has 6 nitrogen and oxygen atoms in total. The van der Waals surface area contributed by atoms with E-state index in [1.54, 1.807) is 13.0 Å². The molecule has 2 amide bonds. The summed E-state index contributed by atoms with van der Waals surface area (Å²) < 4.78 is 5.00. The molecule has 0 spiro atoms. The maximum Gasteiger partial charge on any atom is 0.341 e. The summed E-state index contributed by atoms with van der Waals surface area (Å²) in [5.74, 6) is -0.865. The second-order valence-corrected chi connectivity index (χ2v) is 5.81. The number of ether oxygens (including phenoxy) is 1. The van der Waals surface area contributed by atoms with Gasteiger partial charge < -0.3 is 15.4 Å². The molecule has 7 heteroatoms. The minimum atomic E-state index is -0.528. The Labute approximate surface area is 126 Å². The van der Waals surface area contributed by atoms with Crippen LogP contribution in [0.1, 0.15) is 41.9 Å². The zero-order valence-corrected chi connectivity index (χ0v) is 12.8. The third-order valence-electron chi connectivity index (χ3n) is 3.18. The van der Waals surface area contributed by atoms with E-state index in [1.807, 2.05) is 6.92 Å².